The second-order valence-corrected chi connectivity index (χ2v) is 4.37. The summed E-state index contributed by atoms with van der Waals surface area (Å²) in [6.07, 6.45) is 0.932. The highest BCUT2D eigenvalue weighted by atomic mass is 19.1. The fraction of sp³-hybridized carbons (Fsp3) is 0.357. The van der Waals surface area contributed by atoms with Gasteiger partial charge >= 0.3 is 12.0 Å². The Labute approximate surface area is 122 Å². The van der Waals surface area contributed by atoms with Gasteiger partial charge in [0.25, 0.3) is 0 Å². The molecule has 1 N–H and O–H groups in total. The van der Waals surface area contributed by atoms with Gasteiger partial charge in [-0.15, -0.1) is 4.98 Å². The van der Waals surface area contributed by atoms with Crippen LogP contribution in [0.5, 0.6) is 17.8 Å². The van der Waals surface area contributed by atoms with Gasteiger partial charge in [-0.25, -0.2) is 4.39 Å². The van der Waals surface area contributed by atoms with Crippen LogP contribution in [-0.2, 0) is 0 Å². The third-order valence-electron chi connectivity index (χ3n) is 2.65. The van der Waals surface area contributed by atoms with Crippen LogP contribution in [0.1, 0.15) is 18.9 Å². The number of aryl methyl sites for hydroxylation is 1. The van der Waals surface area contributed by atoms with Gasteiger partial charge in [0, 0.05) is 6.54 Å². The summed E-state index contributed by atoms with van der Waals surface area (Å²) < 4.78 is 23.7. The van der Waals surface area contributed by atoms with Gasteiger partial charge in [0.05, 0.1) is 7.11 Å². The topological polar surface area (TPSA) is 69.2 Å². The summed E-state index contributed by atoms with van der Waals surface area (Å²) in [7, 11) is 1.46. The van der Waals surface area contributed by atoms with Gasteiger partial charge < -0.3 is 14.8 Å². The molecule has 0 saturated heterocycles. The van der Waals surface area contributed by atoms with Crippen molar-refractivity contribution in [2.45, 2.75) is 20.3 Å². The van der Waals surface area contributed by atoms with Crippen molar-refractivity contribution in [2.24, 2.45) is 0 Å². The van der Waals surface area contributed by atoms with E-state index in [4.69, 9.17) is 9.47 Å². The van der Waals surface area contributed by atoms with Gasteiger partial charge in [0.2, 0.25) is 5.95 Å². The van der Waals surface area contributed by atoms with Crippen molar-refractivity contribution < 1.29 is 13.9 Å². The van der Waals surface area contributed by atoms with Crippen molar-refractivity contribution in [1.29, 1.82) is 0 Å². The summed E-state index contributed by atoms with van der Waals surface area (Å²) in [4.78, 5) is 12.2. The molecule has 0 fully saturated rings. The number of aromatic nitrogens is 3. The smallest absolute Gasteiger partial charge is 0.330 e. The number of halogens is 1. The molecule has 0 aliphatic heterocycles. The highest BCUT2D eigenvalue weighted by Crippen LogP contribution is 2.24. The molecule has 0 spiro atoms. The molecule has 0 atom stereocenters. The first-order chi connectivity index (χ1) is 10.1. The summed E-state index contributed by atoms with van der Waals surface area (Å²) in [6.45, 7) is 4.50. The Bertz CT molecular complexity index is 622. The number of benzene rings is 1. The Morgan fingerprint density at radius 2 is 1.95 bits per heavy atom. The van der Waals surface area contributed by atoms with Crippen molar-refractivity contribution in [3.8, 4) is 17.8 Å². The maximum absolute atomic E-state index is 13.1. The lowest BCUT2D eigenvalue weighted by atomic mass is 10.2. The molecule has 7 heteroatoms. The molecular formula is C14H17FN4O2. The number of nitrogens with zero attached hydrogens (tertiary/aromatic N) is 3. The molecule has 0 amide bonds. The molecule has 1 aromatic carbocycles. The molecule has 21 heavy (non-hydrogen) atoms. The zero-order valence-electron chi connectivity index (χ0n) is 12.2. The van der Waals surface area contributed by atoms with E-state index in [0.717, 1.165) is 13.0 Å². The highest BCUT2D eigenvalue weighted by Gasteiger charge is 2.10. The van der Waals surface area contributed by atoms with Crippen LogP contribution in [0.4, 0.5) is 10.3 Å². The molecule has 1 aromatic heterocycles. The third kappa shape index (κ3) is 4.01. The Balaban J connectivity index is 2.25. The van der Waals surface area contributed by atoms with Crippen LogP contribution >= 0.6 is 0 Å². The molecule has 2 rings (SSSR count). The molecular weight excluding hydrogens is 275 g/mol. The molecule has 0 bridgehead atoms. The highest BCUT2D eigenvalue weighted by molar-refractivity contribution is 5.35. The summed E-state index contributed by atoms with van der Waals surface area (Å²) >= 11 is 0. The van der Waals surface area contributed by atoms with Crippen LogP contribution in [0.3, 0.4) is 0 Å². The first kappa shape index (κ1) is 15.0. The lowest BCUT2D eigenvalue weighted by Gasteiger charge is -2.09. The molecule has 0 aliphatic rings. The molecule has 6 nitrogen and oxygen atoms in total. The van der Waals surface area contributed by atoms with Gasteiger partial charge in [0.15, 0.2) is 0 Å². The minimum absolute atomic E-state index is 0.0927. The minimum atomic E-state index is -0.321. The monoisotopic (exact) mass is 292 g/mol. The van der Waals surface area contributed by atoms with E-state index in [1.165, 1.54) is 25.3 Å². The number of ether oxygens (including phenoxy) is 2. The Morgan fingerprint density at radius 3 is 2.62 bits per heavy atom. The fourth-order valence-corrected chi connectivity index (χ4v) is 1.62. The van der Waals surface area contributed by atoms with Gasteiger partial charge in [-0.1, -0.05) is 6.92 Å². The van der Waals surface area contributed by atoms with E-state index < -0.39 is 0 Å². The van der Waals surface area contributed by atoms with Crippen molar-refractivity contribution in [3.05, 3.63) is 29.6 Å². The normalized spacial score (nSPS) is 10.3. The first-order valence-electron chi connectivity index (χ1n) is 6.60. The summed E-state index contributed by atoms with van der Waals surface area (Å²) in [5, 5.41) is 3.04. The third-order valence-corrected chi connectivity index (χ3v) is 2.65. The molecule has 0 radical (unpaired) electrons. The summed E-state index contributed by atoms with van der Waals surface area (Å²) in [5.41, 5.74) is 0.650. The molecule has 1 heterocycles. The van der Waals surface area contributed by atoms with Crippen molar-refractivity contribution in [2.75, 3.05) is 19.0 Å². The van der Waals surface area contributed by atoms with Gasteiger partial charge in [-0.3, -0.25) is 0 Å². The lowest BCUT2D eigenvalue weighted by molar-refractivity contribution is 0.359. The lowest BCUT2D eigenvalue weighted by Crippen LogP contribution is -2.07. The van der Waals surface area contributed by atoms with E-state index in [0.29, 0.717) is 17.3 Å². The van der Waals surface area contributed by atoms with Gasteiger partial charge in [-0.2, -0.15) is 9.97 Å². The van der Waals surface area contributed by atoms with E-state index in [-0.39, 0.29) is 17.8 Å². The van der Waals surface area contributed by atoms with Crippen LogP contribution in [-0.4, -0.2) is 28.6 Å². The number of nitrogens with one attached hydrogen (secondary N) is 1. The van der Waals surface area contributed by atoms with Crippen LogP contribution < -0.4 is 14.8 Å². The SMILES string of the molecule is CCCNc1nc(OC)nc(Oc2ccc(F)cc2C)n1. The minimum Gasteiger partial charge on any atom is -0.467 e. The van der Waals surface area contributed by atoms with Crippen molar-refractivity contribution in [3.63, 3.8) is 0 Å². The van der Waals surface area contributed by atoms with E-state index in [9.17, 15) is 4.39 Å². The predicted molar refractivity (Wildman–Crippen MR) is 76.4 cm³/mol. The molecule has 112 valence electrons. The zero-order chi connectivity index (χ0) is 15.2. The Hall–Kier alpha value is -2.44. The van der Waals surface area contributed by atoms with Crippen molar-refractivity contribution >= 4 is 5.95 Å². The Kier molecular flexibility index (Phi) is 4.86. The molecule has 0 unspecified atom stereocenters. The Morgan fingerprint density at radius 1 is 1.19 bits per heavy atom. The maximum atomic E-state index is 13.1. The molecule has 0 saturated carbocycles. The fourth-order valence-electron chi connectivity index (χ4n) is 1.62. The number of anilines is 1. The standard InChI is InChI=1S/C14H17FN4O2/c1-4-7-16-12-17-13(20-3)19-14(18-12)21-11-6-5-10(15)8-9(11)2/h5-6,8H,4,7H2,1-3H3,(H,16,17,18,19). The number of hydrogen-bond acceptors (Lipinski definition) is 6. The van der Waals surface area contributed by atoms with E-state index in [1.54, 1.807) is 6.92 Å². The summed E-state index contributed by atoms with van der Waals surface area (Å²) in [5.74, 6) is 0.530. The molecule has 2 aromatic rings. The quantitative estimate of drug-likeness (QED) is 0.882. The van der Waals surface area contributed by atoms with Gasteiger partial charge in [0.1, 0.15) is 11.6 Å². The zero-order valence-corrected chi connectivity index (χ0v) is 12.2. The van der Waals surface area contributed by atoms with Crippen LogP contribution in [0.15, 0.2) is 18.2 Å². The second-order valence-electron chi connectivity index (χ2n) is 4.37. The average molecular weight is 292 g/mol. The molecule has 0 aliphatic carbocycles. The largest absolute Gasteiger partial charge is 0.467 e. The first-order valence-corrected chi connectivity index (χ1v) is 6.60. The van der Waals surface area contributed by atoms with Crippen molar-refractivity contribution in [1.82, 2.24) is 15.0 Å². The average Bonchev–Trinajstić information content (AvgIpc) is 2.48. The predicted octanol–water partition coefficient (Wildman–Crippen LogP) is 2.94. The van der Waals surface area contributed by atoms with Gasteiger partial charge in [-0.05, 0) is 37.1 Å². The van der Waals surface area contributed by atoms with Crippen LogP contribution in [0.2, 0.25) is 0 Å². The number of hydrogen-bond donors (Lipinski definition) is 1. The number of methoxy groups -OCH3 is 1. The second kappa shape index (κ2) is 6.83. The van der Waals surface area contributed by atoms with E-state index in [2.05, 4.69) is 20.3 Å². The maximum Gasteiger partial charge on any atom is 0.330 e. The van der Waals surface area contributed by atoms with Crippen LogP contribution in [0.25, 0.3) is 0 Å². The van der Waals surface area contributed by atoms with E-state index in [1.807, 2.05) is 6.92 Å². The van der Waals surface area contributed by atoms with Crippen LogP contribution in [0, 0.1) is 12.7 Å². The summed E-state index contributed by atoms with van der Waals surface area (Å²) in [6, 6.07) is 4.47. The number of rotatable bonds is 6. The van der Waals surface area contributed by atoms with E-state index >= 15 is 0 Å².